The highest BCUT2D eigenvalue weighted by molar-refractivity contribution is 5.00. The van der Waals surface area contributed by atoms with Crippen LogP contribution in [0.3, 0.4) is 0 Å². The van der Waals surface area contributed by atoms with E-state index in [4.69, 9.17) is 0 Å². The maximum atomic E-state index is 3.82. The van der Waals surface area contributed by atoms with Crippen molar-refractivity contribution in [2.45, 2.75) is 51.4 Å². The molecule has 0 unspecified atom stereocenters. The minimum Gasteiger partial charge on any atom is -0.103 e. The van der Waals surface area contributed by atoms with Crippen LogP contribution in [-0.2, 0) is 0 Å². The summed E-state index contributed by atoms with van der Waals surface area (Å²) in [6, 6.07) is 0. The molecule has 0 saturated carbocycles. The molecule has 0 aromatic heterocycles. The van der Waals surface area contributed by atoms with Gasteiger partial charge in [-0.2, -0.15) is 0 Å². The molecule has 2 radical (unpaired) electrons. The monoisotopic (exact) mass is 164 g/mol. The van der Waals surface area contributed by atoms with Gasteiger partial charge in [-0.1, -0.05) is 45.4 Å². The standard InChI is InChI=1S/C12H20/c1-3-5-7-9-11-12-10-8-6-4-2/h1-3,5,7-12H2. The van der Waals surface area contributed by atoms with Crippen LogP contribution in [0.4, 0.5) is 0 Å². The molecule has 0 aliphatic rings. The van der Waals surface area contributed by atoms with Crippen molar-refractivity contribution in [1.82, 2.24) is 0 Å². The van der Waals surface area contributed by atoms with Crippen LogP contribution in [0.1, 0.15) is 51.4 Å². The molecule has 12 heavy (non-hydrogen) atoms. The second-order valence-electron chi connectivity index (χ2n) is 3.08. The van der Waals surface area contributed by atoms with Crippen molar-refractivity contribution in [2.75, 3.05) is 0 Å². The normalized spacial score (nSPS) is 9.17. The summed E-state index contributed by atoms with van der Waals surface area (Å²) in [6.45, 7) is 7.29. The zero-order valence-electron chi connectivity index (χ0n) is 8.07. The minimum atomic E-state index is 1.03. The van der Waals surface area contributed by atoms with Gasteiger partial charge < -0.3 is 0 Å². The van der Waals surface area contributed by atoms with Crippen molar-refractivity contribution in [2.24, 2.45) is 0 Å². The number of hydrogen-bond donors (Lipinski definition) is 0. The zero-order chi connectivity index (χ0) is 9.07. The molecule has 0 aliphatic carbocycles. The van der Waals surface area contributed by atoms with Gasteiger partial charge in [0.2, 0.25) is 0 Å². The van der Waals surface area contributed by atoms with E-state index in [1.54, 1.807) is 0 Å². The number of rotatable bonds is 7. The maximum absolute atomic E-state index is 3.82. The van der Waals surface area contributed by atoms with E-state index in [1.165, 1.54) is 38.5 Å². The lowest BCUT2D eigenvalue weighted by atomic mass is 10.1. The fourth-order valence-electron chi connectivity index (χ4n) is 1.19. The Morgan fingerprint density at radius 3 is 2.00 bits per heavy atom. The first-order valence-corrected chi connectivity index (χ1v) is 4.96. The molecular weight excluding hydrogens is 144 g/mol. The van der Waals surface area contributed by atoms with Crippen LogP contribution in [-0.4, -0.2) is 0 Å². The van der Waals surface area contributed by atoms with Crippen molar-refractivity contribution < 1.29 is 0 Å². The van der Waals surface area contributed by atoms with Crippen LogP contribution < -0.4 is 0 Å². The first kappa shape index (κ1) is 11.6. The Balaban J connectivity index is 2.84. The molecule has 0 rings (SSSR count). The predicted octanol–water partition coefficient (Wildman–Crippen LogP) is 3.78. The molecule has 0 heteroatoms. The quantitative estimate of drug-likeness (QED) is 0.397. The van der Waals surface area contributed by atoms with Crippen molar-refractivity contribution in [3.8, 4) is 11.8 Å². The fourth-order valence-corrected chi connectivity index (χ4v) is 1.19. The Morgan fingerprint density at radius 2 is 1.42 bits per heavy atom. The van der Waals surface area contributed by atoms with Gasteiger partial charge in [0.1, 0.15) is 0 Å². The van der Waals surface area contributed by atoms with Crippen LogP contribution in [0.25, 0.3) is 0 Å². The summed E-state index contributed by atoms with van der Waals surface area (Å²) in [4.78, 5) is 0. The van der Waals surface area contributed by atoms with Crippen molar-refractivity contribution in [3.05, 3.63) is 13.8 Å². The summed E-state index contributed by atoms with van der Waals surface area (Å²) in [5, 5.41) is 0. The molecule has 0 aromatic carbocycles. The molecule has 68 valence electrons. The van der Waals surface area contributed by atoms with Gasteiger partial charge in [-0.15, -0.1) is 11.8 Å². The van der Waals surface area contributed by atoms with Crippen LogP contribution in [0.5, 0.6) is 0 Å². The first-order valence-electron chi connectivity index (χ1n) is 4.96. The second-order valence-corrected chi connectivity index (χ2v) is 3.08. The average molecular weight is 164 g/mol. The summed E-state index contributed by atoms with van der Waals surface area (Å²) < 4.78 is 0. The lowest BCUT2D eigenvalue weighted by Gasteiger charge is -1.97. The summed E-state index contributed by atoms with van der Waals surface area (Å²) in [5.41, 5.74) is 0. The molecule has 0 bridgehead atoms. The smallest absolute Gasteiger partial charge is 0.0198 e. The van der Waals surface area contributed by atoms with Crippen molar-refractivity contribution >= 4 is 0 Å². The Morgan fingerprint density at radius 1 is 0.833 bits per heavy atom. The Labute approximate surface area is 77.8 Å². The molecule has 0 nitrogen and oxygen atoms in total. The van der Waals surface area contributed by atoms with E-state index in [1.807, 2.05) is 0 Å². The van der Waals surface area contributed by atoms with Crippen LogP contribution in [0.15, 0.2) is 0 Å². The first-order chi connectivity index (χ1) is 5.91. The van der Waals surface area contributed by atoms with E-state index in [0.29, 0.717) is 0 Å². The van der Waals surface area contributed by atoms with E-state index in [2.05, 4.69) is 25.7 Å². The topological polar surface area (TPSA) is 0 Å². The highest BCUT2D eigenvalue weighted by Gasteiger charge is 1.88. The lowest BCUT2D eigenvalue weighted by Crippen LogP contribution is -1.78. The molecule has 0 fully saturated rings. The summed E-state index contributed by atoms with van der Waals surface area (Å²) >= 11 is 0. The largest absolute Gasteiger partial charge is 0.103 e. The number of unbranched alkanes of at least 4 members (excludes halogenated alkanes) is 7. The number of hydrogen-bond acceptors (Lipinski definition) is 0. The predicted molar refractivity (Wildman–Crippen MR) is 55.4 cm³/mol. The van der Waals surface area contributed by atoms with Crippen LogP contribution in [0, 0.1) is 25.7 Å². The molecular formula is C12H20. The minimum absolute atomic E-state index is 1.03. The van der Waals surface area contributed by atoms with Gasteiger partial charge in [-0.05, 0) is 6.42 Å². The molecule has 0 heterocycles. The van der Waals surface area contributed by atoms with Gasteiger partial charge in [-0.25, -0.2) is 0 Å². The molecule has 0 spiro atoms. The van der Waals surface area contributed by atoms with Gasteiger partial charge in [0.15, 0.2) is 0 Å². The van der Waals surface area contributed by atoms with E-state index in [9.17, 15) is 0 Å². The molecule has 0 saturated heterocycles. The third kappa shape index (κ3) is 9.56. The summed E-state index contributed by atoms with van der Waals surface area (Å²) in [6.07, 6.45) is 10.1. The molecule has 0 aromatic rings. The van der Waals surface area contributed by atoms with E-state index in [-0.39, 0.29) is 0 Å². The summed E-state index contributed by atoms with van der Waals surface area (Å²) in [7, 11) is 0. The Bertz CT molecular complexity index is 125. The zero-order valence-corrected chi connectivity index (χ0v) is 8.07. The highest BCUT2D eigenvalue weighted by atomic mass is 13.9. The summed E-state index contributed by atoms with van der Waals surface area (Å²) in [5.74, 6) is 5.65. The second kappa shape index (κ2) is 10.6. The van der Waals surface area contributed by atoms with E-state index < -0.39 is 0 Å². The van der Waals surface area contributed by atoms with Crippen LogP contribution >= 0.6 is 0 Å². The SMILES string of the molecule is [CH2]C#CCCCCCCCC[CH2]. The molecule has 0 amide bonds. The third-order valence-electron chi connectivity index (χ3n) is 1.93. The van der Waals surface area contributed by atoms with Gasteiger partial charge in [0.05, 0.1) is 0 Å². The highest BCUT2D eigenvalue weighted by Crippen LogP contribution is 2.07. The van der Waals surface area contributed by atoms with Gasteiger partial charge in [-0.3, -0.25) is 0 Å². The van der Waals surface area contributed by atoms with E-state index in [0.717, 1.165) is 12.8 Å². The van der Waals surface area contributed by atoms with Gasteiger partial charge in [0.25, 0.3) is 0 Å². The maximum Gasteiger partial charge on any atom is 0.0198 e. The van der Waals surface area contributed by atoms with Gasteiger partial charge in [0, 0.05) is 13.3 Å². The van der Waals surface area contributed by atoms with E-state index >= 15 is 0 Å². The fraction of sp³-hybridized carbons (Fsp3) is 0.667. The molecule has 0 atom stereocenters. The molecule has 0 N–H and O–H groups in total. The average Bonchev–Trinajstić information content (AvgIpc) is 2.10. The lowest BCUT2D eigenvalue weighted by molar-refractivity contribution is 0.602. The third-order valence-corrected chi connectivity index (χ3v) is 1.93. The molecule has 0 aliphatic heterocycles. The Kier molecular flexibility index (Phi) is 10.2. The van der Waals surface area contributed by atoms with Crippen LogP contribution in [0.2, 0.25) is 0 Å². The van der Waals surface area contributed by atoms with Crippen molar-refractivity contribution in [1.29, 1.82) is 0 Å². The van der Waals surface area contributed by atoms with Gasteiger partial charge >= 0.3 is 0 Å². The van der Waals surface area contributed by atoms with Crippen molar-refractivity contribution in [3.63, 3.8) is 0 Å². The Hall–Kier alpha value is -0.440.